The average Bonchev–Trinajstić information content (AvgIpc) is 2.58. The van der Waals surface area contributed by atoms with Gasteiger partial charge in [-0.05, 0) is 43.5 Å². The number of nitrogens with zero attached hydrogens (tertiary/aromatic N) is 1. The lowest BCUT2D eigenvalue weighted by atomic mass is 10.1. The highest BCUT2D eigenvalue weighted by Crippen LogP contribution is 2.26. The van der Waals surface area contributed by atoms with Crippen molar-refractivity contribution < 1.29 is 13.2 Å². The molecule has 0 aliphatic rings. The lowest BCUT2D eigenvalue weighted by Gasteiger charge is -2.28. The van der Waals surface area contributed by atoms with Crippen LogP contribution >= 0.6 is 11.6 Å². The summed E-state index contributed by atoms with van der Waals surface area (Å²) in [5.41, 5.74) is 2.31. The Labute approximate surface area is 160 Å². The van der Waals surface area contributed by atoms with Crippen LogP contribution in [-0.4, -0.2) is 33.2 Å². The molecule has 0 aromatic heterocycles. The molecule has 2 aromatic carbocycles. The molecule has 0 saturated heterocycles. The number of halogens is 1. The van der Waals surface area contributed by atoms with Crippen LogP contribution in [0.5, 0.6) is 0 Å². The van der Waals surface area contributed by atoms with Gasteiger partial charge >= 0.3 is 0 Å². The van der Waals surface area contributed by atoms with Crippen molar-refractivity contribution in [1.29, 1.82) is 0 Å². The number of sulfonamides is 1. The number of hydrogen-bond acceptors (Lipinski definition) is 3. The first kappa shape index (κ1) is 20.3. The molecule has 0 fully saturated rings. The van der Waals surface area contributed by atoms with Gasteiger partial charge in [-0.25, -0.2) is 8.42 Å². The number of benzene rings is 2. The predicted octanol–water partition coefficient (Wildman–Crippen LogP) is 3.16. The van der Waals surface area contributed by atoms with Crippen molar-refractivity contribution in [1.82, 2.24) is 5.32 Å². The minimum Gasteiger partial charge on any atom is -0.354 e. The van der Waals surface area contributed by atoms with Gasteiger partial charge in [0, 0.05) is 11.6 Å². The Bertz CT molecular complexity index is 870. The second kappa shape index (κ2) is 8.56. The third-order valence-corrected chi connectivity index (χ3v) is 5.70. The van der Waals surface area contributed by atoms with Crippen LogP contribution in [0.2, 0.25) is 5.02 Å². The Kier molecular flexibility index (Phi) is 6.67. The van der Waals surface area contributed by atoms with E-state index in [2.05, 4.69) is 5.32 Å². The van der Waals surface area contributed by atoms with Crippen LogP contribution in [0.1, 0.15) is 18.1 Å². The maximum Gasteiger partial charge on any atom is 0.243 e. The van der Waals surface area contributed by atoms with E-state index in [4.69, 9.17) is 11.6 Å². The highest BCUT2D eigenvalue weighted by molar-refractivity contribution is 7.92. The van der Waals surface area contributed by atoms with Crippen molar-refractivity contribution in [3.05, 3.63) is 64.7 Å². The minimum absolute atomic E-state index is 0.358. The Morgan fingerprint density at radius 2 is 1.85 bits per heavy atom. The van der Waals surface area contributed by atoms with Crippen molar-refractivity contribution in [2.45, 2.75) is 26.3 Å². The summed E-state index contributed by atoms with van der Waals surface area (Å²) in [6.45, 7) is 3.82. The zero-order chi connectivity index (χ0) is 19.3. The molecule has 1 atom stereocenters. The Hall–Kier alpha value is -2.05. The van der Waals surface area contributed by atoms with E-state index in [9.17, 15) is 13.2 Å². The summed E-state index contributed by atoms with van der Waals surface area (Å²) >= 11 is 6.12. The number of carbonyl (C=O) groups is 1. The van der Waals surface area contributed by atoms with Crippen molar-refractivity contribution in [3.8, 4) is 0 Å². The summed E-state index contributed by atoms with van der Waals surface area (Å²) < 4.78 is 25.6. The van der Waals surface area contributed by atoms with Gasteiger partial charge in [0.1, 0.15) is 6.04 Å². The number of nitrogens with one attached hydrogen (secondary N) is 1. The van der Waals surface area contributed by atoms with Gasteiger partial charge in [0.05, 0.1) is 11.9 Å². The van der Waals surface area contributed by atoms with E-state index >= 15 is 0 Å². The molecular formula is C19H23ClN2O3S. The number of amides is 1. The summed E-state index contributed by atoms with van der Waals surface area (Å²) in [6, 6.07) is 13.8. The molecule has 0 saturated carbocycles. The molecule has 5 nitrogen and oxygen atoms in total. The summed E-state index contributed by atoms with van der Waals surface area (Å²) in [5, 5.41) is 3.25. The van der Waals surface area contributed by atoms with Crippen molar-refractivity contribution in [2.24, 2.45) is 0 Å². The Balaban J connectivity index is 2.12. The number of hydrogen-bond donors (Lipinski definition) is 1. The van der Waals surface area contributed by atoms with Crippen LogP contribution in [0, 0.1) is 6.92 Å². The molecule has 1 amide bonds. The van der Waals surface area contributed by atoms with Crippen LogP contribution in [0.15, 0.2) is 48.5 Å². The third kappa shape index (κ3) is 5.22. The maximum atomic E-state index is 12.5. The smallest absolute Gasteiger partial charge is 0.243 e. The highest BCUT2D eigenvalue weighted by atomic mass is 35.5. The molecule has 140 valence electrons. The van der Waals surface area contributed by atoms with Gasteiger partial charge in [0.15, 0.2) is 0 Å². The zero-order valence-corrected chi connectivity index (χ0v) is 16.6. The molecule has 0 unspecified atom stereocenters. The fourth-order valence-corrected chi connectivity index (χ4v) is 3.99. The van der Waals surface area contributed by atoms with Gasteiger partial charge in [-0.3, -0.25) is 9.10 Å². The molecule has 7 heteroatoms. The highest BCUT2D eigenvalue weighted by Gasteiger charge is 2.29. The molecule has 26 heavy (non-hydrogen) atoms. The van der Waals surface area contributed by atoms with Gasteiger partial charge in [0.25, 0.3) is 0 Å². The molecular weight excluding hydrogens is 372 g/mol. The first-order valence-electron chi connectivity index (χ1n) is 8.27. The van der Waals surface area contributed by atoms with Gasteiger partial charge in [-0.15, -0.1) is 0 Å². The quantitative estimate of drug-likeness (QED) is 0.784. The second-order valence-electron chi connectivity index (χ2n) is 6.19. The molecule has 2 rings (SSSR count). The number of rotatable bonds is 7. The van der Waals surface area contributed by atoms with Gasteiger partial charge in [-0.2, -0.15) is 0 Å². The fourth-order valence-electron chi connectivity index (χ4n) is 2.65. The SMILES string of the molecule is Cc1ccc(N([C@H](C)C(=O)NCCc2ccccc2)S(C)(=O)=O)cc1Cl. The van der Waals surface area contributed by atoms with E-state index in [1.807, 2.05) is 37.3 Å². The van der Waals surface area contributed by atoms with E-state index < -0.39 is 16.1 Å². The lowest BCUT2D eigenvalue weighted by molar-refractivity contribution is -0.121. The van der Waals surface area contributed by atoms with Crippen LogP contribution in [0.4, 0.5) is 5.69 Å². The normalized spacial score (nSPS) is 12.5. The summed E-state index contributed by atoms with van der Waals surface area (Å²) in [4.78, 5) is 12.5. The van der Waals surface area contributed by atoms with Crippen LogP contribution in [0.3, 0.4) is 0 Å². The molecule has 2 aromatic rings. The molecule has 1 N–H and O–H groups in total. The summed E-state index contributed by atoms with van der Waals surface area (Å²) in [6.07, 6.45) is 1.75. The Morgan fingerprint density at radius 3 is 2.42 bits per heavy atom. The standard InChI is InChI=1S/C19H23ClN2O3S/c1-14-9-10-17(13-18(14)20)22(26(3,24)25)15(2)19(23)21-12-11-16-7-5-4-6-8-16/h4-10,13,15H,11-12H2,1-3H3,(H,21,23)/t15-/m1/s1. The van der Waals surface area contributed by atoms with Gasteiger partial charge in [0.2, 0.25) is 15.9 Å². The van der Waals surface area contributed by atoms with Crippen molar-refractivity contribution in [3.63, 3.8) is 0 Å². The van der Waals surface area contributed by atoms with Crippen molar-refractivity contribution in [2.75, 3.05) is 17.1 Å². The first-order chi connectivity index (χ1) is 12.2. The van der Waals surface area contributed by atoms with Crippen LogP contribution in [0.25, 0.3) is 0 Å². The minimum atomic E-state index is -3.66. The summed E-state index contributed by atoms with van der Waals surface area (Å²) in [5.74, 6) is -0.358. The largest absolute Gasteiger partial charge is 0.354 e. The topological polar surface area (TPSA) is 66.5 Å². The van der Waals surface area contributed by atoms with Crippen LogP contribution < -0.4 is 9.62 Å². The van der Waals surface area contributed by atoms with E-state index in [0.717, 1.165) is 21.7 Å². The molecule has 0 aliphatic carbocycles. The van der Waals surface area contributed by atoms with E-state index in [0.29, 0.717) is 23.7 Å². The number of carbonyl (C=O) groups excluding carboxylic acids is 1. The van der Waals surface area contributed by atoms with Gasteiger partial charge < -0.3 is 5.32 Å². The Morgan fingerprint density at radius 1 is 1.19 bits per heavy atom. The monoisotopic (exact) mass is 394 g/mol. The van der Waals surface area contributed by atoms with Gasteiger partial charge in [-0.1, -0.05) is 48.0 Å². The molecule has 0 heterocycles. The molecule has 0 aliphatic heterocycles. The molecule has 0 spiro atoms. The average molecular weight is 395 g/mol. The third-order valence-electron chi connectivity index (χ3n) is 4.05. The maximum absolute atomic E-state index is 12.5. The second-order valence-corrected chi connectivity index (χ2v) is 8.46. The number of aryl methyl sites for hydroxylation is 1. The van der Waals surface area contributed by atoms with Crippen LogP contribution in [-0.2, 0) is 21.2 Å². The summed E-state index contributed by atoms with van der Waals surface area (Å²) in [7, 11) is -3.66. The molecule has 0 bridgehead atoms. The zero-order valence-electron chi connectivity index (χ0n) is 15.1. The lowest BCUT2D eigenvalue weighted by Crippen LogP contribution is -2.48. The van der Waals surface area contributed by atoms with E-state index in [1.54, 1.807) is 25.1 Å². The number of anilines is 1. The first-order valence-corrected chi connectivity index (χ1v) is 10.5. The van der Waals surface area contributed by atoms with Crippen molar-refractivity contribution >= 4 is 33.2 Å². The fraction of sp³-hybridized carbons (Fsp3) is 0.316. The predicted molar refractivity (Wildman–Crippen MR) is 106 cm³/mol. The molecule has 0 radical (unpaired) electrons. The van der Waals surface area contributed by atoms with E-state index in [-0.39, 0.29) is 5.91 Å². The van der Waals surface area contributed by atoms with E-state index in [1.165, 1.54) is 0 Å².